The summed E-state index contributed by atoms with van der Waals surface area (Å²) in [4.78, 5) is 12.4. The molecule has 0 saturated carbocycles. The number of aromatic nitrogens is 3. The number of hydrogen-bond donors (Lipinski definition) is 2. The molecular weight excluding hydrogens is 194 g/mol. The highest BCUT2D eigenvalue weighted by Gasteiger charge is 2.05. The Balaban J connectivity index is 2.86. The lowest BCUT2D eigenvalue weighted by Gasteiger charge is -2.07. The van der Waals surface area contributed by atoms with Gasteiger partial charge in [-0.3, -0.25) is 0 Å². The van der Waals surface area contributed by atoms with Crippen LogP contribution in [0.3, 0.4) is 0 Å². The molecule has 84 valence electrons. The van der Waals surface area contributed by atoms with Crippen LogP contribution in [0.15, 0.2) is 0 Å². The topological polar surface area (TPSA) is 72.0 Å². The van der Waals surface area contributed by atoms with E-state index in [1.165, 1.54) is 0 Å². The molecule has 0 atom stereocenters. The molecule has 2 N–H and O–H groups in total. The second-order valence-corrected chi connectivity index (χ2v) is 2.76. The van der Waals surface area contributed by atoms with Gasteiger partial charge in [0, 0.05) is 13.1 Å². The van der Waals surface area contributed by atoms with Gasteiger partial charge in [-0.1, -0.05) is 0 Å². The average Bonchev–Trinajstić information content (AvgIpc) is 2.19. The summed E-state index contributed by atoms with van der Waals surface area (Å²) in [6.07, 6.45) is 0. The minimum atomic E-state index is 0.347. The first kappa shape index (κ1) is 11.5. The van der Waals surface area contributed by atoms with E-state index < -0.39 is 0 Å². The van der Waals surface area contributed by atoms with E-state index in [0.717, 1.165) is 13.1 Å². The first-order valence-corrected chi connectivity index (χ1v) is 5.16. The van der Waals surface area contributed by atoms with Crippen molar-refractivity contribution < 1.29 is 4.74 Å². The Morgan fingerprint density at radius 1 is 0.933 bits per heavy atom. The number of hydrogen-bond acceptors (Lipinski definition) is 6. The Morgan fingerprint density at radius 2 is 1.47 bits per heavy atom. The van der Waals surface area contributed by atoms with Gasteiger partial charge in [0.1, 0.15) is 0 Å². The van der Waals surface area contributed by atoms with Crippen LogP contribution in [0.2, 0.25) is 0 Å². The second-order valence-electron chi connectivity index (χ2n) is 2.76. The van der Waals surface area contributed by atoms with Crippen LogP contribution in [-0.2, 0) is 0 Å². The molecule has 0 aromatic carbocycles. The largest absolute Gasteiger partial charge is 0.464 e. The van der Waals surface area contributed by atoms with Gasteiger partial charge in [0.05, 0.1) is 6.61 Å². The van der Waals surface area contributed by atoms with Gasteiger partial charge in [-0.05, 0) is 20.8 Å². The Labute approximate surface area is 89.5 Å². The van der Waals surface area contributed by atoms with E-state index in [9.17, 15) is 0 Å². The highest BCUT2D eigenvalue weighted by molar-refractivity contribution is 5.35. The van der Waals surface area contributed by atoms with Gasteiger partial charge >= 0.3 is 6.01 Å². The van der Waals surface area contributed by atoms with E-state index in [0.29, 0.717) is 24.5 Å². The number of ether oxygens (including phenoxy) is 1. The van der Waals surface area contributed by atoms with Crippen LogP contribution >= 0.6 is 0 Å². The van der Waals surface area contributed by atoms with Gasteiger partial charge in [-0.15, -0.1) is 0 Å². The average molecular weight is 211 g/mol. The van der Waals surface area contributed by atoms with Crippen molar-refractivity contribution in [1.29, 1.82) is 0 Å². The lowest BCUT2D eigenvalue weighted by Crippen LogP contribution is -2.10. The van der Waals surface area contributed by atoms with Crippen LogP contribution in [0.1, 0.15) is 20.8 Å². The third-order valence-corrected chi connectivity index (χ3v) is 1.56. The monoisotopic (exact) mass is 211 g/mol. The predicted molar refractivity (Wildman–Crippen MR) is 59.3 cm³/mol. The lowest BCUT2D eigenvalue weighted by atomic mass is 10.7. The van der Waals surface area contributed by atoms with Gasteiger partial charge in [-0.25, -0.2) is 0 Å². The molecule has 0 aliphatic heterocycles. The molecule has 1 heterocycles. The molecule has 0 aliphatic carbocycles. The molecule has 1 rings (SSSR count). The van der Waals surface area contributed by atoms with E-state index in [4.69, 9.17) is 4.74 Å². The Kier molecular flexibility index (Phi) is 4.59. The molecule has 0 radical (unpaired) electrons. The van der Waals surface area contributed by atoms with Crippen LogP contribution in [-0.4, -0.2) is 34.6 Å². The first-order chi connectivity index (χ1) is 7.30. The second kappa shape index (κ2) is 6.00. The standard InChI is InChI=1S/C9H17N5O/c1-4-10-7-12-8(11-5-2)14-9(13-7)15-6-3/h4-6H2,1-3H3,(H2,10,11,12,13,14). The SMILES string of the molecule is CCNc1nc(NCC)nc(OCC)n1. The maximum Gasteiger partial charge on any atom is 0.323 e. The van der Waals surface area contributed by atoms with E-state index in [-0.39, 0.29) is 0 Å². The number of nitrogens with zero attached hydrogens (tertiary/aromatic N) is 3. The smallest absolute Gasteiger partial charge is 0.323 e. The zero-order chi connectivity index (χ0) is 11.1. The highest BCUT2D eigenvalue weighted by atomic mass is 16.5. The quantitative estimate of drug-likeness (QED) is 0.735. The molecule has 0 bridgehead atoms. The molecule has 0 amide bonds. The van der Waals surface area contributed by atoms with Crippen LogP contribution in [0.4, 0.5) is 11.9 Å². The molecule has 0 spiro atoms. The fraction of sp³-hybridized carbons (Fsp3) is 0.667. The fourth-order valence-corrected chi connectivity index (χ4v) is 1.02. The Bertz CT molecular complexity index is 245. The minimum absolute atomic E-state index is 0.347. The van der Waals surface area contributed by atoms with E-state index in [2.05, 4.69) is 25.6 Å². The van der Waals surface area contributed by atoms with E-state index in [1.54, 1.807) is 0 Å². The molecule has 0 fully saturated rings. The summed E-state index contributed by atoms with van der Waals surface area (Å²) in [7, 11) is 0. The molecule has 15 heavy (non-hydrogen) atoms. The molecule has 0 aliphatic rings. The highest BCUT2D eigenvalue weighted by Crippen LogP contribution is 2.10. The van der Waals surface area contributed by atoms with Crippen molar-refractivity contribution in [2.24, 2.45) is 0 Å². The molecule has 1 aromatic rings. The number of rotatable bonds is 6. The summed E-state index contributed by atoms with van der Waals surface area (Å²) in [5.74, 6) is 1.07. The van der Waals surface area contributed by atoms with Gasteiger partial charge in [0.2, 0.25) is 11.9 Å². The van der Waals surface area contributed by atoms with Crippen molar-refractivity contribution in [2.75, 3.05) is 30.3 Å². The summed E-state index contributed by atoms with van der Waals surface area (Å²) in [6, 6.07) is 0.347. The molecule has 6 nitrogen and oxygen atoms in total. The van der Waals surface area contributed by atoms with Crippen molar-refractivity contribution in [2.45, 2.75) is 20.8 Å². The summed E-state index contributed by atoms with van der Waals surface area (Å²) in [6.45, 7) is 7.93. The molecule has 1 aromatic heterocycles. The molecule has 6 heteroatoms. The van der Waals surface area contributed by atoms with Gasteiger partial charge < -0.3 is 15.4 Å². The zero-order valence-electron chi connectivity index (χ0n) is 9.37. The zero-order valence-corrected chi connectivity index (χ0v) is 9.37. The van der Waals surface area contributed by atoms with Crippen molar-refractivity contribution in [3.8, 4) is 6.01 Å². The van der Waals surface area contributed by atoms with Crippen molar-refractivity contribution in [3.63, 3.8) is 0 Å². The van der Waals surface area contributed by atoms with Crippen LogP contribution in [0.25, 0.3) is 0 Å². The minimum Gasteiger partial charge on any atom is -0.464 e. The van der Waals surface area contributed by atoms with E-state index in [1.807, 2.05) is 20.8 Å². The normalized spacial score (nSPS) is 9.80. The van der Waals surface area contributed by atoms with Gasteiger partial charge in [0.15, 0.2) is 0 Å². The number of anilines is 2. The summed E-state index contributed by atoms with van der Waals surface area (Å²) in [5.41, 5.74) is 0. The van der Waals surface area contributed by atoms with Crippen molar-refractivity contribution in [3.05, 3.63) is 0 Å². The van der Waals surface area contributed by atoms with Gasteiger partial charge in [-0.2, -0.15) is 15.0 Å². The Morgan fingerprint density at radius 3 is 1.87 bits per heavy atom. The fourth-order valence-electron chi connectivity index (χ4n) is 1.02. The molecule has 0 unspecified atom stereocenters. The lowest BCUT2D eigenvalue weighted by molar-refractivity contribution is 0.312. The van der Waals surface area contributed by atoms with Crippen molar-refractivity contribution >= 4 is 11.9 Å². The first-order valence-electron chi connectivity index (χ1n) is 5.16. The van der Waals surface area contributed by atoms with E-state index >= 15 is 0 Å². The van der Waals surface area contributed by atoms with Gasteiger partial charge in [0.25, 0.3) is 0 Å². The summed E-state index contributed by atoms with van der Waals surface area (Å²) < 4.78 is 5.24. The predicted octanol–water partition coefficient (Wildman–Crippen LogP) is 1.13. The Hall–Kier alpha value is -1.59. The third kappa shape index (κ3) is 3.57. The number of nitrogens with one attached hydrogen (secondary N) is 2. The maximum absolute atomic E-state index is 5.24. The molecule has 0 saturated heterocycles. The van der Waals surface area contributed by atoms with Crippen molar-refractivity contribution in [1.82, 2.24) is 15.0 Å². The maximum atomic E-state index is 5.24. The van der Waals surface area contributed by atoms with Crippen LogP contribution in [0.5, 0.6) is 6.01 Å². The molecular formula is C9H17N5O. The van der Waals surface area contributed by atoms with Crippen LogP contribution < -0.4 is 15.4 Å². The third-order valence-electron chi connectivity index (χ3n) is 1.56. The van der Waals surface area contributed by atoms with Crippen LogP contribution in [0, 0.1) is 0 Å². The summed E-state index contributed by atoms with van der Waals surface area (Å²) in [5, 5.41) is 6.05. The summed E-state index contributed by atoms with van der Waals surface area (Å²) >= 11 is 0.